The third kappa shape index (κ3) is 6.05. The quantitative estimate of drug-likeness (QED) is 0.385. The van der Waals surface area contributed by atoms with Crippen molar-refractivity contribution >= 4 is 26.0 Å². The number of aliphatic hydroxyl groups excluding tert-OH is 1. The molecule has 0 fully saturated rings. The maximum Gasteiger partial charge on any atom is 0.266 e. The van der Waals surface area contributed by atoms with Crippen molar-refractivity contribution in [3.8, 4) is 5.75 Å². The number of aromatic amines is 1. The lowest BCUT2D eigenvalue weighted by Crippen LogP contribution is -2.26. The zero-order valence-corrected chi connectivity index (χ0v) is 19.9. The van der Waals surface area contributed by atoms with E-state index >= 15 is 0 Å². The molecule has 0 aliphatic rings. The maximum absolute atomic E-state index is 14.0. The Morgan fingerprint density at radius 1 is 1.15 bits per heavy atom. The molecule has 1 aromatic heterocycles. The first-order valence-electron chi connectivity index (χ1n) is 9.80. The van der Waals surface area contributed by atoms with Gasteiger partial charge in [-0.3, -0.25) is 4.79 Å². The van der Waals surface area contributed by atoms with E-state index in [2.05, 4.69) is 25.6 Å². The number of H-pyrrole nitrogens is 1. The Bertz CT molecular complexity index is 1310. The number of benzene rings is 2. The number of hydrogen-bond acceptors (Lipinski definition) is 5. The second-order valence-electron chi connectivity index (χ2n) is 7.17. The summed E-state index contributed by atoms with van der Waals surface area (Å²) >= 11 is 3.21. The largest absolute Gasteiger partial charge is 0.487 e. The Kier molecular flexibility index (Phi) is 8.01. The first-order chi connectivity index (χ1) is 15.6. The van der Waals surface area contributed by atoms with Crippen LogP contribution in [0.4, 0.5) is 8.78 Å². The number of aliphatic hydroxyl groups is 1. The van der Waals surface area contributed by atoms with Crippen LogP contribution in [0.1, 0.15) is 22.4 Å². The van der Waals surface area contributed by atoms with Crippen molar-refractivity contribution < 1.29 is 27.0 Å². The van der Waals surface area contributed by atoms with Gasteiger partial charge in [0.1, 0.15) is 28.5 Å². The topological polar surface area (TPSA) is 108 Å². The molecule has 3 aromatic rings. The molecule has 176 valence electrons. The van der Waals surface area contributed by atoms with Crippen LogP contribution in [0.15, 0.2) is 56.6 Å². The molecule has 0 saturated heterocycles. The normalized spacial score (nSPS) is 11.5. The van der Waals surface area contributed by atoms with Crippen LogP contribution in [0.5, 0.6) is 5.75 Å². The zero-order valence-electron chi connectivity index (χ0n) is 17.5. The monoisotopic (exact) mass is 542 g/mol. The minimum Gasteiger partial charge on any atom is -0.487 e. The van der Waals surface area contributed by atoms with Crippen molar-refractivity contribution in [2.45, 2.75) is 24.8 Å². The molecule has 0 aliphatic heterocycles. The second-order valence-corrected chi connectivity index (χ2v) is 9.73. The fourth-order valence-electron chi connectivity index (χ4n) is 3.11. The van der Waals surface area contributed by atoms with Crippen molar-refractivity contribution in [3.05, 3.63) is 91.3 Å². The van der Waals surface area contributed by atoms with Crippen molar-refractivity contribution in [1.29, 1.82) is 0 Å². The summed E-state index contributed by atoms with van der Waals surface area (Å²) in [7, 11) is -3.74. The average Bonchev–Trinajstić information content (AvgIpc) is 2.77. The van der Waals surface area contributed by atoms with E-state index in [0.717, 1.165) is 17.7 Å². The van der Waals surface area contributed by atoms with E-state index in [1.165, 1.54) is 18.2 Å². The van der Waals surface area contributed by atoms with Gasteiger partial charge in [0.2, 0.25) is 10.0 Å². The lowest BCUT2D eigenvalue weighted by molar-refractivity contribution is 0.293. The third-order valence-electron chi connectivity index (χ3n) is 4.83. The summed E-state index contributed by atoms with van der Waals surface area (Å²) in [6.07, 6.45) is 0.285. The van der Waals surface area contributed by atoms with E-state index in [1.807, 2.05) is 0 Å². The highest BCUT2D eigenvalue weighted by Crippen LogP contribution is 2.31. The van der Waals surface area contributed by atoms with Gasteiger partial charge in [0.05, 0.1) is 11.5 Å². The van der Waals surface area contributed by atoms with Crippen molar-refractivity contribution in [3.63, 3.8) is 0 Å². The summed E-state index contributed by atoms with van der Waals surface area (Å²) < 4.78 is 59.7. The smallest absolute Gasteiger partial charge is 0.266 e. The number of aromatic nitrogens is 1. The third-order valence-corrected chi connectivity index (χ3v) is 7.03. The molecule has 3 N–H and O–H groups in total. The fourth-order valence-corrected chi connectivity index (χ4v) is 4.59. The minimum absolute atomic E-state index is 0.0438. The van der Waals surface area contributed by atoms with Crippen molar-refractivity contribution in [2.75, 3.05) is 13.2 Å². The number of rotatable bonds is 9. The number of aryl methyl sites for hydroxylation is 1. The van der Waals surface area contributed by atoms with Crippen LogP contribution in [0.2, 0.25) is 0 Å². The van der Waals surface area contributed by atoms with Gasteiger partial charge in [-0.2, -0.15) is 0 Å². The molecule has 0 atom stereocenters. The van der Waals surface area contributed by atoms with Crippen LogP contribution in [-0.4, -0.2) is 31.7 Å². The first-order valence-corrected chi connectivity index (χ1v) is 12.1. The van der Waals surface area contributed by atoms with Gasteiger partial charge in [-0.1, -0.05) is 12.1 Å². The molecule has 7 nitrogen and oxygen atoms in total. The number of ether oxygens (including phenoxy) is 1. The fraction of sp³-hybridized carbons (Fsp3) is 0.227. The summed E-state index contributed by atoms with van der Waals surface area (Å²) in [5.41, 5.74) is 1.56. The van der Waals surface area contributed by atoms with Gasteiger partial charge >= 0.3 is 0 Å². The van der Waals surface area contributed by atoms with Gasteiger partial charge in [0.15, 0.2) is 0 Å². The predicted molar refractivity (Wildman–Crippen MR) is 122 cm³/mol. The average molecular weight is 543 g/mol. The Hall–Kier alpha value is -2.60. The van der Waals surface area contributed by atoms with Crippen molar-refractivity contribution in [1.82, 2.24) is 9.71 Å². The van der Waals surface area contributed by atoms with E-state index in [-0.39, 0.29) is 46.9 Å². The molecule has 0 spiro atoms. The summed E-state index contributed by atoms with van der Waals surface area (Å²) in [4.78, 5) is 15.0. The molecule has 1 heterocycles. The van der Waals surface area contributed by atoms with Crippen LogP contribution in [0.25, 0.3) is 0 Å². The Morgan fingerprint density at radius 2 is 1.85 bits per heavy atom. The van der Waals surface area contributed by atoms with Crippen LogP contribution < -0.4 is 15.0 Å². The Morgan fingerprint density at radius 3 is 2.48 bits per heavy atom. The van der Waals surface area contributed by atoms with Gasteiger partial charge in [-0.25, -0.2) is 21.9 Å². The number of pyridine rings is 1. The molecule has 2 aromatic carbocycles. The molecule has 11 heteroatoms. The minimum atomic E-state index is -3.74. The molecule has 33 heavy (non-hydrogen) atoms. The lowest BCUT2D eigenvalue weighted by atomic mass is 10.0. The molecular weight excluding hydrogens is 522 g/mol. The van der Waals surface area contributed by atoms with Crippen LogP contribution in [0, 0.1) is 18.6 Å². The van der Waals surface area contributed by atoms with E-state index in [4.69, 9.17) is 9.84 Å². The molecule has 0 amide bonds. The second kappa shape index (κ2) is 10.6. The van der Waals surface area contributed by atoms with Crippen LogP contribution in [-0.2, 0) is 23.1 Å². The number of nitrogens with one attached hydrogen (secondary N) is 2. The van der Waals surface area contributed by atoms with Crippen molar-refractivity contribution in [2.24, 2.45) is 0 Å². The van der Waals surface area contributed by atoms with E-state index in [9.17, 15) is 22.0 Å². The standard InChI is InChI=1S/C22H21BrF2N2O5S/c1-13-18(10-14-2-6-17(7-3-14)33(30,31)26-8-9-28)21(20(23)22(29)27-13)32-12-15-4-5-16(24)11-19(15)25/h2-7,11,26,28H,8-10,12H2,1H3,(H,27,29). The predicted octanol–water partition coefficient (Wildman–Crippen LogP) is 3.16. The van der Waals surface area contributed by atoms with Gasteiger partial charge in [0, 0.05) is 35.9 Å². The Balaban J connectivity index is 1.88. The highest BCUT2D eigenvalue weighted by atomic mass is 79.9. The van der Waals surface area contributed by atoms with Crippen LogP contribution in [0.3, 0.4) is 0 Å². The number of sulfonamides is 1. The van der Waals surface area contributed by atoms with Gasteiger partial charge in [-0.05, 0) is 52.7 Å². The van der Waals surface area contributed by atoms with E-state index in [1.54, 1.807) is 19.1 Å². The summed E-state index contributed by atoms with van der Waals surface area (Å²) in [5, 5.41) is 8.82. The first kappa shape index (κ1) is 25.0. The molecular formula is C22H21BrF2N2O5S. The SMILES string of the molecule is Cc1[nH]c(=O)c(Br)c(OCc2ccc(F)cc2F)c1Cc1ccc(S(=O)(=O)NCCO)cc1. The molecule has 0 aliphatic carbocycles. The van der Waals surface area contributed by atoms with E-state index in [0.29, 0.717) is 11.3 Å². The number of hydrogen-bond donors (Lipinski definition) is 3. The lowest BCUT2D eigenvalue weighted by Gasteiger charge is -2.16. The molecule has 0 radical (unpaired) electrons. The van der Waals surface area contributed by atoms with Gasteiger partial charge in [-0.15, -0.1) is 0 Å². The van der Waals surface area contributed by atoms with Crippen LogP contribution >= 0.6 is 15.9 Å². The van der Waals surface area contributed by atoms with Gasteiger partial charge < -0.3 is 14.8 Å². The highest BCUT2D eigenvalue weighted by molar-refractivity contribution is 9.10. The summed E-state index contributed by atoms with van der Waals surface area (Å²) in [6.45, 7) is 1.05. The maximum atomic E-state index is 14.0. The summed E-state index contributed by atoms with van der Waals surface area (Å²) in [5.74, 6) is -1.26. The summed E-state index contributed by atoms with van der Waals surface area (Å²) in [6, 6.07) is 9.24. The molecule has 0 unspecified atom stereocenters. The molecule has 3 rings (SSSR count). The zero-order chi connectivity index (χ0) is 24.2. The molecule has 0 bridgehead atoms. The highest BCUT2D eigenvalue weighted by Gasteiger charge is 2.18. The Labute approximate surface area is 197 Å². The number of halogens is 3. The van der Waals surface area contributed by atoms with E-state index < -0.39 is 27.2 Å². The molecule has 0 saturated carbocycles. The van der Waals surface area contributed by atoms with Gasteiger partial charge in [0.25, 0.3) is 5.56 Å².